The molecule has 172 valence electrons. The van der Waals surface area contributed by atoms with Crippen molar-refractivity contribution in [2.24, 2.45) is 0 Å². The number of nitrogens with one attached hydrogen (secondary N) is 1. The second-order valence-corrected chi connectivity index (χ2v) is 7.13. The summed E-state index contributed by atoms with van der Waals surface area (Å²) in [6.45, 7) is 6.30. The minimum Gasteiger partial charge on any atom is -0.475 e. The first kappa shape index (κ1) is 24.8. The number of benzene rings is 1. The molecule has 8 nitrogen and oxygen atoms in total. The van der Waals surface area contributed by atoms with Gasteiger partial charge in [0.2, 0.25) is 0 Å². The summed E-state index contributed by atoms with van der Waals surface area (Å²) in [7, 11) is 2.10. The number of aliphatic carboxylic acids is 1. The molecule has 0 saturated heterocycles. The number of aromatic nitrogens is 4. The fourth-order valence-corrected chi connectivity index (χ4v) is 2.65. The van der Waals surface area contributed by atoms with E-state index in [0.717, 1.165) is 30.9 Å². The predicted octanol–water partition coefficient (Wildman–Crippen LogP) is 3.02. The zero-order valence-corrected chi connectivity index (χ0v) is 17.8. The van der Waals surface area contributed by atoms with Crippen molar-refractivity contribution >= 4 is 5.97 Å². The van der Waals surface area contributed by atoms with E-state index in [2.05, 4.69) is 39.1 Å². The summed E-state index contributed by atoms with van der Waals surface area (Å²) < 4.78 is 33.7. The normalized spacial score (nSPS) is 11.2. The SMILES string of the molecule is Cc1nc(-c2ccc(CN(C)CCn3cccn3)cc2)[nH]c(=O)c1C.O=C(O)C(F)(F)F. The Morgan fingerprint density at radius 3 is 2.34 bits per heavy atom. The molecule has 2 heterocycles. The van der Waals surface area contributed by atoms with Crippen LogP contribution < -0.4 is 5.56 Å². The maximum atomic E-state index is 11.9. The molecule has 32 heavy (non-hydrogen) atoms. The average molecular weight is 451 g/mol. The van der Waals surface area contributed by atoms with Crippen LogP contribution in [0.15, 0.2) is 47.5 Å². The van der Waals surface area contributed by atoms with Gasteiger partial charge in [-0.1, -0.05) is 24.3 Å². The van der Waals surface area contributed by atoms with Gasteiger partial charge in [0.15, 0.2) is 0 Å². The van der Waals surface area contributed by atoms with Crippen LogP contribution in [0.25, 0.3) is 11.4 Å². The van der Waals surface area contributed by atoms with Gasteiger partial charge in [0.25, 0.3) is 5.56 Å². The van der Waals surface area contributed by atoms with E-state index in [1.54, 1.807) is 13.1 Å². The Bertz CT molecular complexity index is 1080. The molecule has 0 aliphatic carbocycles. The maximum Gasteiger partial charge on any atom is 0.490 e. The molecular weight excluding hydrogens is 427 g/mol. The van der Waals surface area contributed by atoms with Crippen LogP contribution in [0.2, 0.25) is 0 Å². The monoisotopic (exact) mass is 451 g/mol. The third-order valence-corrected chi connectivity index (χ3v) is 4.59. The molecule has 0 bridgehead atoms. The molecule has 2 N–H and O–H groups in total. The van der Waals surface area contributed by atoms with Crippen LogP contribution in [0.5, 0.6) is 0 Å². The number of aromatic amines is 1. The number of alkyl halides is 3. The Morgan fingerprint density at radius 1 is 1.22 bits per heavy atom. The number of hydrogen-bond donors (Lipinski definition) is 2. The summed E-state index contributed by atoms with van der Waals surface area (Å²) in [5, 5.41) is 11.3. The minimum absolute atomic E-state index is 0.0788. The molecular formula is C21H24F3N5O3. The quantitative estimate of drug-likeness (QED) is 0.597. The van der Waals surface area contributed by atoms with Crippen molar-refractivity contribution in [1.29, 1.82) is 0 Å². The molecule has 0 aliphatic rings. The molecule has 3 rings (SSSR count). The number of carboxylic acids is 1. The Balaban J connectivity index is 0.000000451. The summed E-state index contributed by atoms with van der Waals surface area (Å²) in [5.74, 6) is -2.14. The first-order chi connectivity index (χ1) is 15.0. The highest BCUT2D eigenvalue weighted by molar-refractivity contribution is 5.73. The van der Waals surface area contributed by atoms with Gasteiger partial charge in [0.05, 0.1) is 6.54 Å². The minimum atomic E-state index is -5.08. The van der Waals surface area contributed by atoms with Crippen molar-refractivity contribution in [3.63, 3.8) is 0 Å². The molecule has 0 atom stereocenters. The molecule has 0 spiro atoms. The highest BCUT2D eigenvalue weighted by atomic mass is 19.4. The van der Waals surface area contributed by atoms with Crippen molar-refractivity contribution < 1.29 is 23.1 Å². The van der Waals surface area contributed by atoms with Gasteiger partial charge < -0.3 is 15.0 Å². The van der Waals surface area contributed by atoms with Crippen LogP contribution in [0.4, 0.5) is 13.2 Å². The predicted molar refractivity (Wildman–Crippen MR) is 112 cm³/mol. The van der Waals surface area contributed by atoms with E-state index in [9.17, 15) is 18.0 Å². The molecule has 1 aromatic carbocycles. The number of H-pyrrole nitrogens is 1. The van der Waals surface area contributed by atoms with Gasteiger partial charge in [0.1, 0.15) is 5.82 Å². The molecule has 3 aromatic rings. The zero-order valence-electron chi connectivity index (χ0n) is 17.8. The third kappa shape index (κ3) is 7.34. The summed E-state index contributed by atoms with van der Waals surface area (Å²) in [6.07, 6.45) is -1.32. The lowest BCUT2D eigenvalue weighted by Crippen LogP contribution is -2.23. The van der Waals surface area contributed by atoms with E-state index in [-0.39, 0.29) is 5.56 Å². The van der Waals surface area contributed by atoms with Gasteiger partial charge in [0, 0.05) is 42.3 Å². The molecule has 0 aliphatic heterocycles. The topological polar surface area (TPSA) is 104 Å². The lowest BCUT2D eigenvalue weighted by molar-refractivity contribution is -0.192. The number of likely N-dealkylation sites (N-methyl/N-ethyl adjacent to an activating group) is 1. The van der Waals surface area contributed by atoms with E-state index >= 15 is 0 Å². The van der Waals surface area contributed by atoms with Crippen molar-refractivity contribution in [3.05, 3.63) is 69.9 Å². The van der Waals surface area contributed by atoms with Crippen molar-refractivity contribution in [3.8, 4) is 11.4 Å². The van der Waals surface area contributed by atoms with E-state index in [0.29, 0.717) is 11.4 Å². The van der Waals surface area contributed by atoms with Gasteiger partial charge in [-0.3, -0.25) is 9.48 Å². The van der Waals surface area contributed by atoms with E-state index in [1.165, 1.54) is 5.56 Å². The first-order valence-electron chi connectivity index (χ1n) is 9.60. The van der Waals surface area contributed by atoms with Crippen LogP contribution in [-0.2, 0) is 17.9 Å². The van der Waals surface area contributed by atoms with Crippen LogP contribution in [0.3, 0.4) is 0 Å². The zero-order chi connectivity index (χ0) is 23.9. The van der Waals surface area contributed by atoms with E-state index in [1.807, 2.05) is 36.0 Å². The van der Waals surface area contributed by atoms with Gasteiger partial charge in [-0.15, -0.1) is 0 Å². The van der Waals surface area contributed by atoms with Gasteiger partial charge in [-0.2, -0.15) is 18.3 Å². The first-order valence-corrected chi connectivity index (χ1v) is 9.60. The van der Waals surface area contributed by atoms with Crippen LogP contribution in [0, 0.1) is 13.8 Å². The number of rotatable bonds is 6. The number of hydrogen-bond acceptors (Lipinski definition) is 5. The van der Waals surface area contributed by atoms with Gasteiger partial charge in [-0.05, 0) is 32.5 Å². The van der Waals surface area contributed by atoms with Crippen molar-refractivity contribution in [1.82, 2.24) is 24.6 Å². The molecule has 0 amide bonds. The van der Waals surface area contributed by atoms with E-state index < -0.39 is 12.1 Å². The summed E-state index contributed by atoms with van der Waals surface area (Å²) in [5.41, 5.74) is 3.49. The van der Waals surface area contributed by atoms with Crippen LogP contribution >= 0.6 is 0 Å². The molecule has 11 heteroatoms. The molecule has 0 unspecified atom stereocenters. The summed E-state index contributed by atoms with van der Waals surface area (Å²) in [4.78, 5) is 30.4. The number of aryl methyl sites for hydroxylation is 1. The number of carbonyl (C=O) groups is 1. The highest BCUT2D eigenvalue weighted by Gasteiger charge is 2.38. The Morgan fingerprint density at radius 2 is 1.84 bits per heavy atom. The maximum absolute atomic E-state index is 11.9. The largest absolute Gasteiger partial charge is 0.490 e. The van der Waals surface area contributed by atoms with Gasteiger partial charge >= 0.3 is 12.1 Å². The lowest BCUT2D eigenvalue weighted by Gasteiger charge is -2.17. The average Bonchev–Trinajstić information content (AvgIpc) is 3.24. The highest BCUT2D eigenvalue weighted by Crippen LogP contribution is 2.16. The van der Waals surface area contributed by atoms with Gasteiger partial charge in [-0.25, -0.2) is 9.78 Å². The third-order valence-electron chi connectivity index (χ3n) is 4.59. The molecule has 0 saturated carbocycles. The Hall–Kier alpha value is -3.47. The fraction of sp³-hybridized carbons (Fsp3) is 0.333. The standard InChI is InChI=1S/C19H23N5O.C2HF3O2/c1-14-15(2)21-18(22-19(14)25)17-7-5-16(6-8-17)13-23(3)11-12-24-10-4-9-20-24;3-2(4,5)1(6)7/h4-10H,11-13H2,1-3H3,(H,21,22,25);(H,6,7). The molecule has 0 fully saturated rings. The molecule has 0 radical (unpaired) electrons. The fourth-order valence-electron chi connectivity index (χ4n) is 2.65. The smallest absolute Gasteiger partial charge is 0.475 e. The van der Waals surface area contributed by atoms with Crippen LogP contribution in [0.1, 0.15) is 16.8 Å². The van der Waals surface area contributed by atoms with E-state index in [4.69, 9.17) is 9.90 Å². The van der Waals surface area contributed by atoms with Crippen molar-refractivity contribution in [2.45, 2.75) is 33.1 Å². The Kier molecular flexibility index (Phi) is 8.30. The number of carboxylic acid groups (broad SMARTS) is 1. The Labute approximate surface area is 182 Å². The summed E-state index contributed by atoms with van der Waals surface area (Å²) >= 11 is 0. The lowest BCUT2D eigenvalue weighted by atomic mass is 10.1. The van der Waals surface area contributed by atoms with Crippen molar-refractivity contribution in [2.75, 3.05) is 13.6 Å². The molecule has 2 aromatic heterocycles. The summed E-state index contributed by atoms with van der Waals surface area (Å²) in [6, 6.07) is 10.1. The number of nitrogens with zero attached hydrogens (tertiary/aromatic N) is 4. The number of halogens is 3. The van der Waals surface area contributed by atoms with Crippen LogP contribution in [-0.4, -0.2) is 55.5 Å². The second kappa shape index (κ2) is 10.7. The second-order valence-electron chi connectivity index (χ2n) is 7.13.